The number of fused-ring (bicyclic) bond motifs is 1. The van der Waals surface area contributed by atoms with Gasteiger partial charge in [-0.05, 0) is 30.6 Å². The molecule has 0 amide bonds. The van der Waals surface area contributed by atoms with Crippen molar-refractivity contribution in [2.24, 2.45) is 22.7 Å². The Morgan fingerprint density at radius 3 is 2.75 bits per heavy atom. The fourth-order valence-electron chi connectivity index (χ4n) is 4.98. The number of hydrogen-bond donors (Lipinski definition) is 1. The average molecular weight is 330 g/mol. The number of carbonyl (C=O) groups excluding carboxylic acids is 2. The van der Waals surface area contributed by atoms with E-state index >= 15 is 0 Å². The molecule has 0 bridgehead atoms. The van der Waals surface area contributed by atoms with E-state index in [4.69, 9.17) is 4.74 Å². The molecule has 0 aromatic carbocycles. The summed E-state index contributed by atoms with van der Waals surface area (Å²) in [4.78, 5) is 24.2. The molecule has 0 spiro atoms. The number of aliphatic hydroxyl groups is 1. The van der Waals surface area contributed by atoms with Crippen LogP contribution < -0.4 is 0 Å². The molecule has 0 aromatic rings. The molecule has 130 valence electrons. The minimum absolute atomic E-state index is 0.00612. The molecule has 0 aromatic heterocycles. The van der Waals surface area contributed by atoms with Crippen LogP contribution in [0.5, 0.6) is 0 Å². The number of allylic oxidation sites excluding steroid dienone is 3. The van der Waals surface area contributed by atoms with Gasteiger partial charge in [-0.3, -0.25) is 9.59 Å². The Morgan fingerprint density at radius 2 is 2.12 bits per heavy atom. The van der Waals surface area contributed by atoms with E-state index in [9.17, 15) is 14.7 Å². The minimum atomic E-state index is -0.675. The van der Waals surface area contributed by atoms with Crippen molar-refractivity contribution in [3.8, 4) is 0 Å². The van der Waals surface area contributed by atoms with Crippen molar-refractivity contribution in [1.82, 2.24) is 0 Å². The molecule has 3 rings (SSSR count). The molecular formula is C20H26O4. The first-order chi connectivity index (χ1) is 11.3. The van der Waals surface area contributed by atoms with E-state index in [0.29, 0.717) is 12.0 Å². The van der Waals surface area contributed by atoms with Crippen molar-refractivity contribution in [3.05, 3.63) is 36.1 Å². The second-order valence-electron chi connectivity index (χ2n) is 7.90. The summed E-state index contributed by atoms with van der Waals surface area (Å²) in [6.45, 7) is 8.38. The van der Waals surface area contributed by atoms with Crippen LogP contribution in [0.25, 0.3) is 0 Å². The van der Waals surface area contributed by atoms with E-state index in [1.54, 1.807) is 0 Å². The smallest absolute Gasteiger partial charge is 0.203 e. The van der Waals surface area contributed by atoms with Gasteiger partial charge in [0.15, 0.2) is 6.61 Å². The maximum absolute atomic E-state index is 12.5. The van der Waals surface area contributed by atoms with Crippen LogP contribution in [0.1, 0.15) is 39.5 Å². The lowest BCUT2D eigenvalue weighted by Crippen LogP contribution is -2.55. The van der Waals surface area contributed by atoms with E-state index in [-0.39, 0.29) is 42.0 Å². The fourth-order valence-corrected chi connectivity index (χ4v) is 4.98. The summed E-state index contributed by atoms with van der Waals surface area (Å²) in [5.41, 5.74) is 0.933. The molecule has 2 saturated carbocycles. The minimum Gasteiger partial charge on any atom is -0.492 e. The Balaban J connectivity index is 1.94. The van der Waals surface area contributed by atoms with Crippen LogP contribution in [0.4, 0.5) is 0 Å². The molecular weight excluding hydrogens is 304 g/mol. The Hall–Kier alpha value is -1.68. The van der Waals surface area contributed by atoms with Crippen LogP contribution in [0.3, 0.4) is 0 Å². The molecule has 1 aliphatic heterocycles. The van der Waals surface area contributed by atoms with Gasteiger partial charge < -0.3 is 9.84 Å². The monoisotopic (exact) mass is 330 g/mol. The lowest BCUT2D eigenvalue weighted by molar-refractivity contribution is -0.150. The number of carbonyl (C=O) groups is 2. The first-order valence-corrected chi connectivity index (χ1v) is 8.68. The van der Waals surface area contributed by atoms with Gasteiger partial charge in [0, 0.05) is 12.3 Å². The van der Waals surface area contributed by atoms with Crippen molar-refractivity contribution in [1.29, 1.82) is 0 Å². The van der Waals surface area contributed by atoms with Gasteiger partial charge in [0.2, 0.25) is 5.78 Å². The molecule has 2 aliphatic carbocycles. The van der Waals surface area contributed by atoms with E-state index in [1.807, 2.05) is 13.0 Å². The average Bonchev–Trinajstić information content (AvgIpc) is 2.96. The van der Waals surface area contributed by atoms with Gasteiger partial charge in [0.05, 0.1) is 23.9 Å². The van der Waals surface area contributed by atoms with Crippen LogP contribution in [-0.4, -0.2) is 29.9 Å². The molecule has 2 fully saturated rings. The molecule has 4 unspecified atom stereocenters. The quantitative estimate of drug-likeness (QED) is 0.808. The second kappa shape index (κ2) is 5.99. The van der Waals surface area contributed by atoms with Crippen molar-refractivity contribution >= 4 is 11.6 Å². The summed E-state index contributed by atoms with van der Waals surface area (Å²) in [6, 6.07) is 0. The van der Waals surface area contributed by atoms with Gasteiger partial charge >= 0.3 is 0 Å². The van der Waals surface area contributed by atoms with Gasteiger partial charge in [0.25, 0.3) is 0 Å². The third-order valence-corrected chi connectivity index (χ3v) is 6.54. The van der Waals surface area contributed by atoms with Crippen molar-refractivity contribution in [3.63, 3.8) is 0 Å². The molecule has 3 aliphatic rings. The van der Waals surface area contributed by atoms with Crippen LogP contribution in [0, 0.1) is 22.7 Å². The normalized spacial score (nSPS) is 39.8. The van der Waals surface area contributed by atoms with Crippen molar-refractivity contribution in [2.75, 3.05) is 13.2 Å². The first-order valence-electron chi connectivity index (χ1n) is 8.68. The maximum atomic E-state index is 12.5. The van der Waals surface area contributed by atoms with Gasteiger partial charge in [-0.1, -0.05) is 38.2 Å². The largest absolute Gasteiger partial charge is 0.492 e. The molecule has 0 saturated heterocycles. The highest BCUT2D eigenvalue weighted by atomic mass is 16.5. The summed E-state index contributed by atoms with van der Waals surface area (Å²) < 4.78 is 5.07. The number of rotatable bonds is 3. The Morgan fingerprint density at radius 1 is 1.38 bits per heavy atom. The lowest BCUT2D eigenvalue weighted by atomic mass is 9.47. The third kappa shape index (κ3) is 2.48. The fraction of sp³-hybridized carbons (Fsp3) is 0.600. The van der Waals surface area contributed by atoms with Gasteiger partial charge in [-0.15, -0.1) is 0 Å². The number of ketones is 2. The zero-order valence-corrected chi connectivity index (χ0v) is 14.5. The Labute approximate surface area is 143 Å². The highest BCUT2D eigenvalue weighted by Gasteiger charge is 2.57. The van der Waals surface area contributed by atoms with Crippen LogP contribution in [0.2, 0.25) is 0 Å². The summed E-state index contributed by atoms with van der Waals surface area (Å²) >= 11 is 0. The van der Waals surface area contributed by atoms with Crippen molar-refractivity contribution < 1.29 is 19.4 Å². The summed E-state index contributed by atoms with van der Waals surface area (Å²) in [5.74, 6) is 0.392. The zero-order chi connectivity index (χ0) is 17.5. The molecule has 4 heteroatoms. The summed E-state index contributed by atoms with van der Waals surface area (Å²) in [5, 5.41) is 9.93. The van der Waals surface area contributed by atoms with Crippen LogP contribution in [-0.2, 0) is 14.3 Å². The standard InChI is InChI=1S/C20H26O4/c1-13-4-7-17-19(2,9-8-18(23)20(17,3)12-21)15(13)6-5-14-10-24-11-16(14)22/h5-6,10,15,17,21H,1,4,7-9,11-12H2,2-3H3. The van der Waals surface area contributed by atoms with Gasteiger partial charge in [-0.2, -0.15) is 0 Å². The Kier molecular flexibility index (Phi) is 4.28. The predicted molar refractivity (Wildman–Crippen MR) is 91.1 cm³/mol. The molecule has 4 nitrogen and oxygen atoms in total. The van der Waals surface area contributed by atoms with E-state index < -0.39 is 5.41 Å². The van der Waals surface area contributed by atoms with Gasteiger partial charge in [-0.25, -0.2) is 0 Å². The summed E-state index contributed by atoms with van der Waals surface area (Å²) in [7, 11) is 0. The Bertz CT molecular complexity index is 644. The maximum Gasteiger partial charge on any atom is 0.203 e. The van der Waals surface area contributed by atoms with Crippen LogP contribution in [0.15, 0.2) is 36.1 Å². The SMILES string of the molecule is C=C1CCC2C(C)(CO)C(=O)CCC2(C)C1C=CC1=COCC1=O. The highest BCUT2D eigenvalue weighted by molar-refractivity contribution is 6.00. The lowest BCUT2D eigenvalue weighted by Gasteiger charge is -2.56. The van der Waals surface area contributed by atoms with Gasteiger partial charge in [0.1, 0.15) is 5.78 Å². The zero-order valence-electron chi connectivity index (χ0n) is 14.5. The third-order valence-electron chi connectivity index (χ3n) is 6.54. The number of aliphatic hydroxyl groups excluding tert-OH is 1. The number of Topliss-reactive ketones (excluding diaryl/α,β-unsaturated/α-hetero) is 2. The molecule has 1 N–H and O–H groups in total. The van der Waals surface area contributed by atoms with E-state index in [0.717, 1.165) is 24.8 Å². The molecule has 4 atom stereocenters. The van der Waals surface area contributed by atoms with E-state index in [1.165, 1.54) is 6.26 Å². The number of ether oxygens (including phenoxy) is 1. The highest BCUT2D eigenvalue weighted by Crippen LogP contribution is 2.60. The van der Waals surface area contributed by atoms with Crippen molar-refractivity contribution in [2.45, 2.75) is 39.5 Å². The predicted octanol–water partition coefficient (Wildman–Crippen LogP) is 2.98. The first kappa shape index (κ1) is 17.2. The summed E-state index contributed by atoms with van der Waals surface area (Å²) in [6.07, 6.45) is 8.42. The van der Waals surface area contributed by atoms with Crippen LogP contribution >= 0.6 is 0 Å². The van der Waals surface area contributed by atoms with E-state index in [2.05, 4.69) is 19.6 Å². The number of hydrogen-bond acceptors (Lipinski definition) is 4. The molecule has 0 radical (unpaired) electrons. The topological polar surface area (TPSA) is 63.6 Å². The molecule has 24 heavy (non-hydrogen) atoms. The molecule has 1 heterocycles. The second-order valence-corrected chi connectivity index (χ2v) is 7.90.